The summed E-state index contributed by atoms with van der Waals surface area (Å²) >= 11 is 0. The van der Waals surface area contributed by atoms with Gasteiger partial charge in [-0.2, -0.15) is 0 Å². The zero-order valence-corrected chi connectivity index (χ0v) is 17.8. The molecule has 1 N–H and O–H groups in total. The fourth-order valence-electron chi connectivity index (χ4n) is 4.05. The van der Waals surface area contributed by atoms with Crippen molar-refractivity contribution in [2.45, 2.75) is 12.6 Å². The van der Waals surface area contributed by atoms with Crippen LogP contribution in [-0.4, -0.2) is 67.2 Å². The molecule has 1 aromatic heterocycles. The van der Waals surface area contributed by atoms with Gasteiger partial charge in [-0.15, -0.1) is 0 Å². The average molecular weight is 407 g/mol. The Morgan fingerprint density at radius 1 is 1.07 bits per heavy atom. The Kier molecular flexibility index (Phi) is 6.35. The minimum absolute atomic E-state index is 0.0197. The van der Waals surface area contributed by atoms with Gasteiger partial charge in [0.25, 0.3) is 0 Å². The molecular formula is C24H30N4O2. The molecule has 0 aliphatic carbocycles. The van der Waals surface area contributed by atoms with Crippen molar-refractivity contribution in [1.29, 1.82) is 0 Å². The number of fused-ring (bicyclic) bond motifs is 1. The number of aromatic nitrogens is 1. The molecule has 0 radical (unpaired) electrons. The lowest BCUT2D eigenvalue weighted by Gasteiger charge is -2.35. The smallest absolute Gasteiger partial charge is 0.240 e. The minimum Gasteiger partial charge on any atom is -0.497 e. The first-order chi connectivity index (χ1) is 14.6. The molecule has 1 unspecified atom stereocenters. The Bertz CT molecular complexity index is 977. The van der Waals surface area contributed by atoms with Crippen LogP contribution in [0.4, 0.5) is 0 Å². The molecule has 0 bridgehead atoms. The number of rotatable bonds is 7. The molecule has 1 fully saturated rings. The van der Waals surface area contributed by atoms with Crippen LogP contribution in [0.1, 0.15) is 11.6 Å². The van der Waals surface area contributed by atoms with Crippen LogP contribution in [0, 0.1) is 0 Å². The molecule has 1 saturated heterocycles. The quantitative estimate of drug-likeness (QED) is 0.656. The number of nitrogens with zero attached hydrogens (tertiary/aromatic N) is 3. The predicted molar refractivity (Wildman–Crippen MR) is 120 cm³/mol. The lowest BCUT2D eigenvalue weighted by Crippen LogP contribution is -2.48. The van der Waals surface area contributed by atoms with Crippen LogP contribution in [0.15, 0.2) is 60.8 Å². The van der Waals surface area contributed by atoms with Gasteiger partial charge in [0.15, 0.2) is 0 Å². The van der Waals surface area contributed by atoms with Gasteiger partial charge < -0.3 is 19.5 Å². The molecule has 6 nitrogen and oxygen atoms in total. The molecule has 1 atom stereocenters. The Balaban J connectivity index is 1.46. The highest BCUT2D eigenvalue weighted by Gasteiger charge is 2.21. The molecule has 2 aromatic carbocycles. The van der Waals surface area contributed by atoms with E-state index in [1.54, 1.807) is 7.11 Å². The maximum absolute atomic E-state index is 13.0. The van der Waals surface area contributed by atoms with Crippen LogP contribution >= 0.6 is 0 Å². The summed E-state index contributed by atoms with van der Waals surface area (Å²) in [5, 5.41) is 4.35. The molecule has 3 aromatic rings. The topological polar surface area (TPSA) is 49.7 Å². The maximum Gasteiger partial charge on any atom is 0.240 e. The van der Waals surface area contributed by atoms with Crippen LogP contribution in [0.5, 0.6) is 5.75 Å². The Labute approximate surface area is 178 Å². The van der Waals surface area contributed by atoms with Crippen molar-refractivity contribution in [3.63, 3.8) is 0 Å². The number of amides is 1. The van der Waals surface area contributed by atoms with Crippen LogP contribution < -0.4 is 10.1 Å². The fourth-order valence-corrected chi connectivity index (χ4v) is 4.05. The number of ether oxygens (including phenoxy) is 1. The van der Waals surface area contributed by atoms with E-state index in [1.807, 2.05) is 53.2 Å². The molecule has 2 heterocycles. The first-order valence-corrected chi connectivity index (χ1v) is 10.5. The standard InChI is InChI=1S/C24H30N4O2/c1-26-12-14-27(15-13-26)17-22(19-6-4-3-5-7-19)25-24(29)18-28-11-10-20-16-21(30-2)8-9-23(20)28/h3-11,16,22H,12-15,17-18H2,1-2H3,(H,25,29). The monoisotopic (exact) mass is 406 g/mol. The number of carbonyl (C=O) groups is 1. The fraction of sp³-hybridized carbons (Fsp3) is 0.375. The number of benzene rings is 2. The number of likely N-dealkylation sites (N-methyl/N-ethyl adjacent to an activating group) is 1. The predicted octanol–water partition coefficient (Wildman–Crippen LogP) is 2.75. The second-order valence-corrected chi connectivity index (χ2v) is 8.00. The maximum atomic E-state index is 13.0. The van der Waals surface area contributed by atoms with E-state index in [1.165, 1.54) is 0 Å². The van der Waals surface area contributed by atoms with Gasteiger partial charge >= 0.3 is 0 Å². The summed E-state index contributed by atoms with van der Waals surface area (Å²) in [4.78, 5) is 17.8. The first kappa shape index (κ1) is 20.4. The van der Waals surface area contributed by atoms with Gasteiger partial charge in [-0.05, 0) is 36.9 Å². The normalized spacial score (nSPS) is 16.5. The highest BCUT2D eigenvalue weighted by Crippen LogP contribution is 2.22. The molecule has 4 rings (SSSR count). The molecule has 1 aliphatic rings. The summed E-state index contributed by atoms with van der Waals surface area (Å²) in [6.45, 7) is 5.30. The number of piperazine rings is 1. The van der Waals surface area contributed by atoms with Crippen molar-refractivity contribution in [3.8, 4) is 5.75 Å². The summed E-state index contributed by atoms with van der Waals surface area (Å²) in [5.74, 6) is 0.840. The molecule has 1 amide bonds. The lowest BCUT2D eigenvalue weighted by atomic mass is 10.1. The number of nitrogens with one attached hydrogen (secondary N) is 1. The zero-order valence-electron chi connectivity index (χ0n) is 17.8. The van der Waals surface area contributed by atoms with E-state index in [0.717, 1.165) is 54.9 Å². The van der Waals surface area contributed by atoms with E-state index in [0.29, 0.717) is 6.54 Å². The van der Waals surface area contributed by atoms with E-state index in [9.17, 15) is 4.79 Å². The third kappa shape index (κ3) is 4.83. The van der Waals surface area contributed by atoms with E-state index in [4.69, 9.17) is 4.74 Å². The second kappa shape index (κ2) is 9.32. The van der Waals surface area contributed by atoms with Crippen molar-refractivity contribution in [2.75, 3.05) is 46.9 Å². The summed E-state index contributed by atoms with van der Waals surface area (Å²) in [6.07, 6.45) is 1.96. The summed E-state index contributed by atoms with van der Waals surface area (Å²) in [6, 6.07) is 18.2. The van der Waals surface area contributed by atoms with Crippen LogP contribution in [0.2, 0.25) is 0 Å². The molecule has 30 heavy (non-hydrogen) atoms. The Hall–Kier alpha value is -2.83. The van der Waals surface area contributed by atoms with Crippen molar-refractivity contribution in [2.24, 2.45) is 0 Å². The van der Waals surface area contributed by atoms with Crippen molar-refractivity contribution in [3.05, 3.63) is 66.4 Å². The van der Waals surface area contributed by atoms with Crippen LogP contribution in [0.3, 0.4) is 0 Å². The third-order valence-electron chi connectivity index (χ3n) is 5.87. The average Bonchev–Trinajstić information content (AvgIpc) is 3.17. The molecular weight excluding hydrogens is 376 g/mol. The molecule has 0 spiro atoms. The van der Waals surface area contributed by atoms with Crippen LogP contribution in [0.25, 0.3) is 10.9 Å². The van der Waals surface area contributed by atoms with Gasteiger partial charge in [0, 0.05) is 49.8 Å². The van der Waals surface area contributed by atoms with Crippen molar-refractivity contribution < 1.29 is 9.53 Å². The van der Waals surface area contributed by atoms with Gasteiger partial charge in [-0.3, -0.25) is 9.69 Å². The largest absolute Gasteiger partial charge is 0.497 e. The second-order valence-electron chi connectivity index (χ2n) is 8.00. The van der Waals surface area contributed by atoms with E-state index in [-0.39, 0.29) is 11.9 Å². The highest BCUT2D eigenvalue weighted by molar-refractivity contribution is 5.84. The van der Waals surface area contributed by atoms with E-state index in [2.05, 4.69) is 34.3 Å². The van der Waals surface area contributed by atoms with Gasteiger partial charge in [0.1, 0.15) is 12.3 Å². The zero-order chi connectivity index (χ0) is 20.9. The third-order valence-corrected chi connectivity index (χ3v) is 5.87. The number of methoxy groups -OCH3 is 1. The first-order valence-electron chi connectivity index (χ1n) is 10.5. The van der Waals surface area contributed by atoms with Gasteiger partial charge in [0.2, 0.25) is 5.91 Å². The molecule has 1 aliphatic heterocycles. The lowest BCUT2D eigenvalue weighted by molar-refractivity contribution is -0.122. The molecule has 6 heteroatoms. The minimum atomic E-state index is -0.0240. The van der Waals surface area contributed by atoms with Crippen molar-refractivity contribution >= 4 is 16.8 Å². The number of carbonyl (C=O) groups excluding carboxylic acids is 1. The molecule has 0 saturated carbocycles. The SMILES string of the molecule is COc1ccc2c(ccn2CC(=O)NC(CN2CCN(C)CC2)c2ccccc2)c1. The summed E-state index contributed by atoms with van der Waals surface area (Å²) in [7, 11) is 3.82. The summed E-state index contributed by atoms with van der Waals surface area (Å²) < 4.78 is 7.28. The van der Waals surface area contributed by atoms with Crippen molar-refractivity contribution in [1.82, 2.24) is 19.7 Å². The van der Waals surface area contributed by atoms with E-state index >= 15 is 0 Å². The Morgan fingerprint density at radius 2 is 1.83 bits per heavy atom. The van der Waals surface area contributed by atoms with Gasteiger partial charge in [-0.25, -0.2) is 0 Å². The number of hydrogen-bond donors (Lipinski definition) is 1. The molecule has 158 valence electrons. The highest BCUT2D eigenvalue weighted by atomic mass is 16.5. The van der Waals surface area contributed by atoms with Gasteiger partial charge in [-0.1, -0.05) is 30.3 Å². The Morgan fingerprint density at radius 3 is 2.57 bits per heavy atom. The number of hydrogen-bond acceptors (Lipinski definition) is 4. The summed E-state index contributed by atoms with van der Waals surface area (Å²) in [5.41, 5.74) is 2.17. The van der Waals surface area contributed by atoms with E-state index < -0.39 is 0 Å². The van der Waals surface area contributed by atoms with Gasteiger partial charge in [0.05, 0.1) is 13.2 Å². The van der Waals surface area contributed by atoms with Crippen LogP contribution in [-0.2, 0) is 11.3 Å².